The Hall–Kier alpha value is -4.21. The van der Waals surface area contributed by atoms with Gasteiger partial charge in [0.2, 0.25) is 6.17 Å². The van der Waals surface area contributed by atoms with Gasteiger partial charge in [-0.25, -0.2) is 14.2 Å². The van der Waals surface area contributed by atoms with E-state index in [4.69, 9.17) is 0 Å². The number of aliphatic imine (C=N–C) groups is 1. The van der Waals surface area contributed by atoms with Crippen molar-refractivity contribution < 1.29 is 27.2 Å². The number of nitrogens with one attached hydrogen (secondary N) is 2. The van der Waals surface area contributed by atoms with Crippen LogP contribution in [0, 0.1) is 5.82 Å². The van der Waals surface area contributed by atoms with E-state index in [1.54, 1.807) is 48.5 Å². The molecule has 0 fully saturated rings. The average molecular weight is 470 g/mol. The van der Waals surface area contributed by atoms with Crippen molar-refractivity contribution in [3.05, 3.63) is 95.3 Å². The number of nitrogens with zero attached hydrogens (tertiary/aromatic N) is 2. The molecule has 0 aliphatic carbocycles. The minimum absolute atomic E-state index is 0.320. The maximum Gasteiger partial charge on any atom is 0.416 e. The SMILES string of the molecule is CN1C(=O)[C@@H](NC(=O)Nc2cc(F)cc(C(F)(F)F)c2)N=C(c2ccccc2)c2ccccc21. The maximum absolute atomic E-state index is 13.7. The molecule has 4 rings (SSSR count). The standard InChI is InChI=1S/C24H18F4N4O2/c1-32-19-10-6-5-9-18(19)20(14-7-3-2-4-8-14)30-21(22(32)33)31-23(34)29-17-12-15(24(26,27)28)11-16(25)13-17/h2-13,21H,1H3,(H2,29,31,34)/t21-/m1/s1. The number of urea groups is 1. The minimum Gasteiger partial charge on any atom is -0.311 e. The predicted octanol–water partition coefficient (Wildman–Crippen LogP) is 4.81. The molecule has 1 atom stereocenters. The van der Waals surface area contributed by atoms with Crippen molar-refractivity contribution in [2.75, 3.05) is 17.3 Å². The van der Waals surface area contributed by atoms with Crippen molar-refractivity contribution in [3.63, 3.8) is 0 Å². The molecule has 0 radical (unpaired) electrons. The van der Waals surface area contributed by atoms with Gasteiger partial charge >= 0.3 is 12.2 Å². The summed E-state index contributed by atoms with van der Waals surface area (Å²) in [6, 6.07) is 16.7. The summed E-state index contributed by atoms with van der Waals surface area (Å²) in [7, 11) is 1.53. The van der Waals surface area contributed by atoms with Crippen molar-refractivity contribution in [2.45, 2.75) is 12.3 Å². The van der Waals surface area contributed by atoms with Gasteiger partial charge in [0.15, 0.2) is 0 Å². The van der Waals surface area contributed by atoms with Crippen LogP contribution in [-0.4, -0.2) is 30.9 Å². The third-order valence-corrected chi connectivity index (χ3v) is 5.14. The largest absolute Gasteiger partial charge is 0.416 e. The Morgan fingerprint density at radius 3 is 2.38 bits per heavy atom. The molecule has 0 saturated heterocycles. The summed E-state index contributed by atoms with van der Waals surface area (Å²) >= 11 is 0. The second kappa shape index (κ2) is 8.97. The van der Waals surface area contributed by atoms with Crippen molar-refractivity contribution in [1.82, 2.24) is 5.32 Å². The number of benzodiazepines with no additional fused rings is 1. The Bertz CT molecular complexity index is 1280. The van der Waals surface area contributed by atoms with Gasteiger partial charge in [-0.05, 0) is 24.3 Å². The number of hydrogen-bond donors (Lipinski definition) is 2. The van der Waals surface area contributed by atoms with Gasteiger partial charge in [0.25, 0.3) is 5.91 Å². The van der Waals surface area contributed by atoms with Crippen LogP contribution < -0.4 is 15.5 Å². The maximum atomic E-state index is 13.7. The molecule has 0 spiro atoms. The first-order chi connectivity index (χ1) is 16.1. The molecule has 0 saturated carbocycles. The normalized spacial score (nSPS) is 15.8. The molecule has 1 heterocycles. The molecule has 0 unspecified atom stereocenters. The van der Waals surface area contributed by atoms with E-state index in [9.17, 15) is 27.2 Å². The van der Waals surface area contributed by atoms with E-state index in [2.05, 4.69) is 15.6 Å². The number of benzene rings is 3. The highest BCUT2D eigenvalue weighted by Crippen LogP contribution is 2.32. The minimum atomic E-state index is -4.80. The molecule has 10 heteroatoms. The summed E-state index contributed by atoms with van der Waals surface area (Å²) in [4.78, 5) is 31.5. The van der Waals surface area contributed by atoms with Crippen molar-refractivity contribution in [3.8, 4) is 0 Å². The fraction of sp³-hybridized carbons (Fsp3) is 0.125. The fourth-order valence-corrected chi connectivity index (χ4v) is 3.56. The lowest BCUT2D eigenvalue weighted by atomic mass is 10.0. The monoisotopic (exact) mass is 470 g/mol. The van der Waals surface area contributed by atoms with Gasteiger partial charge < -0.3 is 15.5 Å². The zero-order valence-corrected chi connectivity index (χ0v) is 17.7. The van der Waals surface area contributed by atoms with Crippen LogP contribution in [0.25, 0.3) is 0 Å². The van der Waals surface area contributed by atoms with Gasteiger partial charge in [0, 0.05) is 23.9 Å². The number of halogens is 4. The highest BCUT2D eigenvalue weighted by Gasteiger charge is 2.33. The van der Waals surface area contributed by atoms with Crippen LogP contribution in [0.2, 0.25) is 0 Å². The summed E-state index contributed by atoms with van der Waals surface area (Å²) in [5, 5.41) is 4.51. The number of hydrogen-bond acceptors (Lipinski definition) is 3. The van der Waals surface area contributed by atoms with Crippen molar-refractivity contribution >= 4 is 29.0 Å². The van der Waals surface area contributed by atoms with E-state index in [1.807, 2.05) is 6.07 Å². The molecule has 1 aliphatic rings. The Balaban J connectivity index is 1.66. The van der Waals surface area contributed by atoms with Gasteiger partial charge in [-0.2, -0.15) is 13.2 Å². The number of anilines is 2. The Morgan fingerprint density at radius 1 is 1.00 bits per heavy atom. The van der Waals surface area contributed by atoms with Gasteiger partial charge in [0.05, 0.1) is 17.0 Å². The van der Waals surface area contributed by atoms with E-state index in [-0.39, 0.29) is 0 Å². The second-order valence-corrected chi connectivity index (χ2v) is 7.49. The molecular weight excluding hydrogens is 452 g/mol. The Morgan fingerprint density at radius 2 is 1.68 bits per heavy atom. The fourth-order valence-electron chi connectivity index (χ4n) is 3.56. The Kier molecular flexibility index (Phi) is 6.06. The molecular formula is C24H18F4N4O2. The summed E-state index contributed by atoms with van der Waals surface area (Å²) in [6.45, 7) is 0. The first-order valence-electron chi connectivity index (χ1n) is 10.1. The molecule has 3 aromatic carbocycles. The van der Waals surface area contributed by atoms with E-state index in [0.29, 0.717) is 34.7 Å². The van der Waals surface area contributed by atoms with Crippen LogP contribution in [0.5, 0.6) is 0 Å². The van der Waals surface area contributed by atoms with Crippen molar-refractivity contribution in [1.29, 1.82) is 0 Å². The van der Waals surface area contributed by atoms with E-state index in [0.717, 1.165) is 6.07 Å². The highest BCUT2D eigenvalue weighted by atomic mass is 19.4. The molecule has 6 nitrogen and oxygen atoms in total. The van der Waals surface area contributed by atoms with Gasteiger partial charge in [0.1, 0.15) is 5.82 Å². The summed E-state index contributed by atoms with van der Waals surface area (Å²) in [6.07, 6.45) is -6.18. The second-order valence-electron chi connectivity index (χ2n) is 7.49. The van der Waals surface area contributed by atoms with Crippen LogP contribution in [0.4, 0.5) is 33.7 Å². The lowest BCUT2D eigenvalue weighted by molar-refractivity contribution is -0.137. The first-order valence-corrected chi connectivity index (χ1v) is 10.1. The lowest BCUT2D eigenvalue weighted by Gasteiger charge is -2.21. The average Bonchev–Trinajstić information content (AvgIpc) is 2.89. The molecule has 0 bridgehead atoms. The summed E-state index contributed by atoms with van der Waals surface area (Å²) in [5.74, 6) is -1.74. The molecule has 34 heavy (non-hydrogen) atoms. The van der Waals surface area contributed by atoms with Crippen molar-refractivity contribution in [2.24, 2.45) is 4.99 Å². The highest BCUT2D eigenvalue weighted by molar-refractivity contribution is 6.20. The number of para-hydroxylation sites is 1. The zero-order chi connectivity index (χ0) is 24.5. The smallest absolute Gasteiger partial charge is 0.311 e. The molecule has 2 N–H and O–H groups in total. The number of amides is 3. The molecule has 0 aromatic heterocycles. The van der Waals surface area contributed by atoms with Crippen LogP contribution >= 0.6 is 0 Å². The summed E-state index contributed by atoms with van der Waals surface area (Å²) < 4.78 is 52.6. The van der Waals surface area contributed by atoms with Gasteiger partial charge in [-0.1, -0.05) is 48.5 Å². The summed E-state index contributed by atoms with van der Waals surface area (Å²) in [5.41, 5.74) is 0.700. The molecule has 174 valence electrons. The number of carbonyl (C=O) groups excluding carboxylic acids is 2. The topological polar surface area (TPSA) is 73.8 Å². The van der Waals surface area contributed by atoms with Crippen LogP contribution in [0.3, 0.4) is 0 Å². The number of likely N-dealkylation sites (N-methyl/N-ethyl adjacent to an activating group) is 1. The Labute approximate surface area is 191 Å². The van der Waals surface area contributed by atoms with Gasteiger partial charge in [-0.3, -0.25) is 4.79 Å². The third-order valence-electron chi connectivity index (χ3n) is 5.14. The molecule has 3 aromatic rings. The van der Waals surface area contributed by atoms with E-state index >= 15 is 0 Å². The third kappa shape index (κ3) is 4.75. The zero-order valence-electron chi connectivity index (χ0n) is 17.7. The lowest BCUT2D eigenvalue weighted by Crippen LogP contribution is -2.47. The van der Waals surface area contributed by atoms with Crippen LogP contribution in [0.1, 0.15) is 16.7 Å². The van der Waals surface area contributed by atoms with E-state index in [1.165, 1.54) is 11.9 Å². The number of carbonyl (C=O) groups is 2. The van der Waals surface area contributed by atoms with Gasteiger partial charge in [-0.15, -0.1) is 0 Å². The number of alkyl halides is 3. The number of fused-ring (bicyclic) bond motifs is 1. The molecule has 3 amide bonds. The van der Waals surface area contributed by atoms with Crippen LogP contribution in [-0.2, 0) is 11.0 Å². The van der Waals surface area contributed by atoms with Crippen LogP contribution in [0.15, 0.2) is 77.8 Å². The van der Waals surface area contributed by atoms with E-state index < -0.39 is 41.3 Å². The first kappa shape index (κ1) is 23.0. The predicted molar refractivity (Wildman–Crippen MR) is 119 cm³/mol. The quantitative estimate of drug-likeness (QED) is 0.540. The number of rotatable bonds is 3. The molecule has 1 aliphatic heterocycles.